The third-order valence-corrected chi connectivity index (χ3v) is 4.04. The van der Waals surface area contributed by atoms with Gasteiger partial charge in [-0.3, -0.25) is 4.98 Å². The molecular formula is C21H14F3N3O2. The maximum absolute atomic E-state index is 12.5. The van der Waals surface area contributed by atoms with Crippen LogP contribution in [0.4, 0.5) is 19.0 Å². The number of fused-ring (bicyclic) bond motifs is 3. The molecule has 1 aromatic carbocycles. The summed E-state index contributed by atoms with van der Waals surface area (Å²) in [5.41, 5.74) is -0.180. The minimum atomic E-state index is -4.39. The minimum Gasteiger partial charge on any atom is -0.477 e. The minimum absolute atomic E-state index is 0.0920. The van der Waals surface area contributed by atoms with E-state index in [1.54, 1.807) is 18.5 Å². The van der Waals surface area contributed by atoms with Crippen molar-refractivity contribution in [3.63, 3.8) is 0 Å². The molecule has 0 fully saturated rings. The number of allylic oxidation sites excluding steroid dienone is 4. The van der Waals surface area contributed by atoms with Crippen LogP contribution >= 0.6 is 0 Å². The number of hydrogen-bond acceptors (Lipinski definition) is 4. The Morgan fingerprint density at radius 1 is 1.31 bits per heavy atom. The van der Waals surface area contributed by atoms with Crippen molar-refractivity contribution >= 4 is 33.5 Å². The van der Waals surface area contributed by atoms with Crippen LogP contribution in [0.15, 0.2) is 60.6 Å². The lowest BCUT2D eigenvalue weighted by molar-refractivity contribution is -0.0913. The van der Waals surface area contributed by atoms with Gasteiger partial charge in [-0.25, -0.2) is 9.78 Å². The first-order valence-electron chi connectivity index (χ1n) is 8.29. The van der Waals surface area contributed by atoms with Crippen LogP contribution in [0.1, 0.15) is 17.3 Å². The van der Waals surface area contributed by atoms with Crippen molar-refractivity contribution in [3.05, 3.63) is 78.3 Å². The molecule has 2 heterocycles. The fraction of sp³-hybridized carbons (Fsp3) is 0.0952. The highest BCUT2D eigenvalue weighted by Gasteiger charge is 2.29. The van der Waals surface area contributed by atoms with Crippen LogP contribution in [-0.4, -0.2) is 27.2 Å². The average molecular weight is 397 g/mol. The summed E-state index contributed by atoms with van der Waals surface area (Å²) in [4.78, 5) is 19.7. The molecule has 0 aliphatic rings. The number of hydrogen-bond donors (Lipinski definition) is 2. The molecule has 3 rings (SSSR count). The number of rotatable bonds is 5. The quantitative estimate of drug-likeness (QED) is 0.588. The number of aromatic carboxylic acids is 1. The summed E-state index contributed by atoms with van der Waals surface area (Å²) in [7, 11) is 0. The molecule has 0 unspecified atom stereocenters. The highest BCUT2D eigenvalue weighted by Crippen LogP contribution is 2.29. The summed E-state index contributed by atoms with van der Waals surface area (Å²) in [5.74, 6) is -0.804. The van der Waals surface area contributed by atoms with Crippen LogP contribution < -0.4 is 5.32 Å². The van der Waals surface area contributed by atoms with Crippen molar-refractivity contribution in [1.82, 2.24) is 9.97 Å². The van der Waals surface area contributed by atoms with E-state index in [1.165, 1.54) is 18.2 Å². The molecule has 8 heteroatoms. The van der Waals surface area contributed by atoms with Gasteiger partial charge >= 0.3 is 12.1 Å². The van der Waals surface area contributed by atoms with Gasteiger partial charge in [-0.1, -0.05) is 30.9 Å². The number of nitrogens with zero attached hydrogens (tertiary/aromatic N) is 2. The molecule has 3 aromatic rings. The molecule has 5 nitrogen and oxygen atoms in total. The van der Waals surface area contributed by atoms with Crippen molar-refractivity contribution in [2.24, 2.45) is 0 Å². The van der Waals surface area contributed by atoms with Gasteiger partial charge in [-0.05, 0) is 25.1 Å². The molecule has 29 heavy (non-hydrogen) atoms. The van der Waals surface area contributed by atoms with Crippen LogP contribution in [0.2, 0.25) is 0 Å². The molecule has 0 amide bonds. The highest BCUT2D eigenvalue weighted by atomic mass is 19.4. The zero-order valence-electron chi connectivity index (χ0n) is 15.1. The first kappa shape index (κ1) is 19.9. The van der Waals surface area contributed by atoms with Crippen LogP contribution in [0, 0.1) is 12.1 Å². The number of nitrogens with one attached hydrogen (secondary N) is 1. The zero-order valence-corrected chi connectivity index (χ0v) is 15.1. The van der Waals surface area contributed by atoms with Crippen molar-refractivity contribution in [1.29, 1.82) is 0 Å². The molecule has 2 N–H and O–H groups in total. The van der Waals surface area contributed by atoms with Crippen LogP contribution in [0.25, 0.3) is 21.7 Å². The number of aromatic nitrogens is 2. The number of halogens is 3. The van der Waals surface area contributed by atoms with E-state index in [0.717, 1.165) is 13.0 Å². The van der Waals surface area contributed by atoms with Crippen molar-refractivity contribution in [2.45, 2.75) is 13.1 Å². The molecule has 0 saturated carbocycles. The lowest BCUT2D eigenvalue weighted by Crippen LogP contribution is -2.08. The summed E-state index contributed by atoms with van der Waals surface area (Å²) in [6.07, 6.45) is 2.30. The predicted molar refractivity (Wildman–Crippen MR) is 103 cm³/mol. The molecule has 0 radical (unpaired) electrons. The maximum Gasteiger partial charge on any atom is 0.412 e. The van der Waals surface area contributed by atoms with Gasteiger partial charge in [-0.15, -0.1) is 0 Å². The van der Waals surface area contributed by atoms with E-state index in [9.17, 15) is 18.0 Å². The van der Waals surface area contributed by atoms with Crippen LogP contribution in [-0.2, 0) is 0 Å². The normalized spacial score (nSPS) is 12.3. The van der Waals surface area contributed by atoms with Crippen molar-refractivity contribution in [2.75, 3.05) is 5.32 Å². The Labute approximate surface area is 163 Å². The smallest absolute Gasteiger partial charge is 0.412 e. The lowest BCUT2D eigenvalue weighted by atomic mass is 10.1. The fourth-order valence-corrected chi connectivity index (χ4v) is 2.52. The second-order valence-electron chi connectivity index (χ2n) is 6.11. The molecule has 146 valence electrons. The third-order valence-electron chi connectivity index (χ3n) is 4.04. The largest absolute Gasteiger partial charge is 0.477 e. The summed E-state index contributed by atoms with van der Waals surface area (Å²) >= 11 is 0. The summed E-state index contributed by atoms with van der Waals surface area (Å²) < 4.78 is 37.6. The van der Waals surface area contributed by atoms with E-state index in [1.807, 2.05) is 0 Å². The Morgan fingerprint density at radius 2 is 2.07 bits per heavy atom. The molecule has 0 aliphatic heterocycles. The van der Waals surface area contributed by atoms with Gasteiger partial charge in [0.05, 0.1) is 10.9 Å². The summed E-state index contributed by atoms with van der Waals surface area (Å²) in [6.45, 7) is 4.74. The van der Waals surface area contributed by atoms with Gasteiger partial charge in [0.15, 0.2) is 0 Å². The summed E-state index contributed by atoms with van der Waals surface area (Å²) in [5, 5.41) is 14.0. The van der Waals surface area contributed by atoms with Gasteiger partial charge in [0.1, 0.15) is 11.4 Å². The van der Waals surface area contributed by atoms with Crippen LogP contribution in [0.3, 0.4) is 0 Å². The molecule has 0 bridgehead atoms. The van der Waals surface area contributed by atoms with E-state index in [-0.39, 0.29) is 5.56 Å². The highest BCUT2D eigenvalue weighted by molar-refractivity contribution is 6.10. The second-order valence-corrected chi connectivity index (χ2v) is 6.11. The molecule has 2 aromatic heterocycles. The van der Waals surface area contributed by atoms with E-state index in [2.05, 4.69) is 34.0 Å². The molecular weight excluding hydrogens is 383 g/mol. The monoisotopic (exact) mass is 397 g/mol. The molecule has 0 aliphatic carbocycles. The fourth-order valence-electron chi connectivity index (χ4n) is 2.52. The number of carboxylic acid groups (broad SMARTS) is 1. The Balaban J connectivity index is 1.99. The molecule has 0 spiro atoms. The summed E-state index contributed by atoms with van der Waals surface area (Å²) in [6, 6.07) is 8.44. The van der Waals surface area contributed by atoms with E-state index in [0.29, 0.717) is 33.2 Å². The van der Waals surface area contributed by atoms with Gasteiger partial charge in [0.2, 0.25) is 0 Å². The predicted octanol–water partition coefficient (Wildman–Crippen LogP) is 5.07. The second kappa shape index (κ2) is 7.64. The zero-order chi connectivity index (χ0) is 21.2. The number of pyridine rings is 2. The van der Waals surface area contributed by atoms with Crippen molar-refractivity contribution in [3.8, 4) is 0 Å². The van der Waals surface area contributed by atoms with Gasteiger partial charge in [0.25, 0.3) is 0 Å². The Kier molecular flexibility index (Phi) is 5.24. The van der Waals surface area contributed by atoms with Gasteiger partial charge in [-0.2, -0.15) is 13.2 Å². The van der Waals surface area contributed by atoms with Crippen LogP contribution in [0.5, 0.6) is 0 Å². The SMILES string of the molecule is C=C(/C=C\C=C(/C)C(F)(F)F)Nc1nc2cc(C(=O)O)c#cc2c2cnccc12. The standard InChI is InChI=1S/C21H14F3N3O2/c1-12(21(22,23)24)4-3-5-13(2)26-19-16-8-9-25-11-17(16)15-7-6-14(20(28)29)10-18(15)27-19/h3-5,8-11H,2H2,1H3,(H,26,27)(H,28,29)/b5-3-,12-4+. The van der Waals surface area contributed by atoms with E-state index >= 15 is 0 Å². The first-order chi connectivity index (χ1) is 13.7. The van der Waals surface area contributed by atoms with E-state index < -0.39 is 17.7 Å². The van der Waals surface area contributed by atoms with Gasteiger partial charge in [0, 0.05) is 34.4 Å². The Morgan fingerprint density at radius 3 is 2.76 bits per heavy atom. The number of anilines is 1. The Bertz CT molecular complexity index is 1180. The number of carboxylic acids is 1. The number of carbonyl (C=O) groups is 1. The average Bonchev–Trinajstić information content (AvgIpc) is 2.66. The van der Waals surface area contributed by atoms with Crippen molar-refractivity contribution < 1.29 is 23.1 Å². The van der Waals surface area contributed by atoms with E-state index in [4.69, 9.17) is 5.11 Å². The maximum atomic E-state index is 12.5. The first-order valence-corrected chi connectivity index (χ1v) is 8.29. The number of alkyl halides is 3. The molecule has 0 atom stereocenters. The third kappa shape index (κ3) is 4.35. The van der Waals surface area contributed by atoms with Gasteiger partial charge < -0.3 is 10.4 Å². The lowest BCUT2D eigenvalue weighted by Gasteiger charge is -2.10. The Hall–Kier alpha value is -3.86. The topological polar surface area (TPSA) is 75.1 Å². The molecule has 0 saturated heterocycles.